The zero-order valence-corrected chi connectivity index (χ0v) is 18.2. The summed E-state index contributed by atoms with van der Waals surface area (Å²) in [6.07, 6.45) is -0.134. The van der Waals surface area contributed by atoms with Gasteiger partial charge in [0.1, 0.15) is 6.61 Å². The number of anilines is 1. The van der Waals surface area contributed by atoms with Crippen molar-refractivity contribution in [2.24, 2.45) is 0 Å². The first-order valence-corrected chi connectivity index (χ1v) is 10.8. The second-order valence-corrected chi connectivity index (χ2v) is 8.40. The fourth-order valence-corrected chi connectivity index (χ4v) is 4.23. The van der Waals surface area contributed by atoms with Crippen LogP contribution in [0.15, 0.2) is 42.5 Å². The first-order chi connectivity index (χ1) is 14.5. The molecule has 2 aliphatic heterocycles. The van der Waals surface area contributed by atoms with Crippen molar-refractivity contribution < 1.29 is 19.2 Å². The van der Waals surface area contributed by atoms with Gasteiger partial charge in [-0.15, -0.1) is 0 Å². The number of rotatable bonds is 5. The molecule has 2 aliphatic rings. The lowest BCUT2D eigenvalue weighted by atomic mass is 10.1. The number of nitrogens with zero attached hydrogens (tertiary/aromatic N) is 2. The number of hydrogen-bond acceptors (Lipinski definition) is 4. The number of carbonyl (C=O) groups is 1. The number of fused-ring (bicyclic) bond motifs is 1. The molecule has 0 saturated carbocycles. The summed E-state index contributed by atoms with van der Waals surface area (Å²) in [5.74, 6) is 1.68. The van der Waals surface area contributed by atoms with Gasteiger partial charge in [0, 0.05) is 12.7 Å². The van der Waals surface area contributed by atoms with Gasteiger partial charge in [-0.3, -0.25) is 4.79 Å². The predicted molar refractivity (Wildman–Crippen MR) is 118 cm³/mol. The lowest BCUT2D eigenvalue weighted by Gasteiger charge is -2.35. The maximum Gasteiger partial charge on any atom is 0.277 e. The molecule has 0 aromatic heterocycles. The Morgan fingerprint density at radius 2 is 1.83 bits per heavy atom. The number of benzene rings is 2. The third kappa shape index (κ3) is 4.54. The van der Waals surface area contributed by atoms with Crippen LogP contribution >= 0.6 is 0 Å². The minimum atomic E-state index is -0.134. The number of aryl methyl sites for hydroxylation is 1. The zero-order valence-electron chi connectivity index (χ0n) is 18.2. The average Bonchev–Trinajstić information content (AvgIpc) is 2.76. The van der Waals surface area contributed by atoms with E-state index in [0.717, 1.165) is 37.7 Å². The van der Waals surface area contributed by atoms with E-state index in [1.54, 1.807) is 4.90 Å². The molecule has 4 rings (SSSR count). The Morgan fingerprint density at radius 3 is 2.60 bits per heavy atom. The first kappa shape index (κ1) is 20.5. The largest absolute Gasteiger partial charge is 0.486 e. The van der Waals surface area contributed by atoms with Crippen molar-refractivity contribution in [3.05, 3.63) is 53.6 Å². The number of piperazine rings is 1. The summed E-state index contributed by atoms with van der Waals surface area (Å²) in [7, 11) is 1.86. The van der Waals surface area contributed by atoms with Crippen molar-refractivity contribution in [3.8, 4) is 11.5 Å². The fourth-order valence-electron chi connectivity index (χ4n) is 4.23. The van der Waals surface area contributed by atoms with Crippen LogP contribution in [0.1, 0.15) is 11.1 Å². The molecule has 1 saturated heterocycles. The van der Waals surface area contributed by atoms with Crippen molar-refractivity contribution in [2.75, 3.05) is 57.8 Å². The molecule has 0 aliphatic carbocycles. The molecule has 6 heteroatoms. The molecule has 6 nitrogen and oxygen atoms in total. The van der Waals surface area contributed by atoms with E-state index in [0.29, 0.717) is 19.7 Å². The van der Waals surface area contributed by atoms with E-state index >= 15 is 0 Å². The molecule has 0 spiro atoms. The Bertz CT molecular complexity index is 893. The van der Waals surface area contributed by atoms with Crippen LogP contribution in [0.25, 0.3) is 0 Å². The highest BCUT2D eigenvalue weighted by Crippen LogP contribution is 2.31. The number of nitrogens with one attached hydrogen (secondary N) is 1. The van der Waals surface area contributed by atoms with Crippen molar-refractivity contribution >= 4 is 11.6 Å². The molecule has 1 N–H and O–H groups in total. The Labute approximate surface area is 179 Å². The summed E-state index contributed by atoms with van der Waals surface area (Å²) < 4.78 is 11.8. The molecule has 1 amide bonds. The van der Waals surface area contributed by atoms with Crippen molar-refractivity contribution in [2.45, 2.75) is 20.0 Å². The van der Waals surface area contributed by atoms with E-state index in [-0.39, 0.29) is 12.0 Å². The lowest BCUT2D eigenvalue weighted by molar-refractivity contribution is -0.892. The molecule has 0 unspecified atom stereocenters. The number of para-hydroxylation sites is 2. The van der Waals surface area contributed by atoms with Crippen LogP contribution in [0.3, 0.4) is 0 Å². The van der Waals surface area contributed by atoms with Crippen LogP contribution in [-0.2, 0) is 4.79 Å². The van der Waals surface area contributed by atoms with Gasteiger partial charge in [-0.1, -0.05) is 24.3 Å². The van der Waals surface area contributed by atoms with E-state index < -0.39 is 0 Å². The molecule has 1 atom stereocenters. The van der Waals surface area contributed by atoms with Crippen molar-refractivity contribution in [3.63, 3.8) is 0 Å². The van der Waals surface area contributed by atoms with Crippen LogP contribution < -0.4 is 19.3 Å². The minimum Gasteiger partial charge on any atom is -0.486 e. The molecule has 160 valence electrons. The van der Waals surface area contributed by atoms with E-state index in [9.17, 15) is 4.79 Å². The summed E-state index contributed by atoms with van der Waals surface area (Å²) in [5.41, 5.74) is 4.01. The summed E-state index contributed by atoms with van der Waals surface area (Å²) >= 11 is 0. The van der Waals surface area contributed by atoms with Crippen molar-refractivity contribution in [1.82, 2.24) is 4.90 Å². The van der Waals surface area contributed by atoms with E-state index in [1.807, 2.05) is 31.3 Å². The lowest BCUT2D eigenvalue weighted by Crippen LogP contribution is -3.15. The van der Waals surface area contributed by atoms with Gasteiger partial charge in [0.2, 0.25) is 0 Å². The van der Waals surface area contributed by atoms with E-state index in [2.05, 4.69) is 36.9 Å². The van der Waals surface area contributed by atoms with Crippen LogP contribution in [-0.4, -0.2) is 69.8 Å². The van der Waals surface area contributed by atoms with Gasteiger partial charge in [-0.25, -0.2) is 0 Å². The monoisotopic (exact) mass is 410 g/mol. The predicted octanol–water partition coefficient (Wildman–Crippen LogP) is 1.31. The maximum atomic E-state index is 12.8. The summed E-state index contributed by atoms with van der Waals surface area (Å²) in [6, 6.07) is 14.2. The standard InChI is InChI=1S/C24H31N3O3/c1-18-7-6-8-21(19(18)2)27-13-11-26(12-14-27)16-24(28)25(3)15-20-17-29-22-9-4-5-10-23(22)30-20/h4-10,20H,11-17H2,1-3H3/p+1/t20-/m1/s1. The molecular formula is C24H32N3O3+. The number of ether oxygens (including phenoxy) is 2. The number of amides is 1. The fraction of sp³-hybridized carbons (Fsp3) is 0.458. The van der Waals surface area contributed by atoms with Gasteiger partial charge in [0.15, 0.2) is 24.1 Å². The SMILES string of the molecule is Cc1cccc(N2CC[NH+](CC(=O)N(C)C[C@@H]3COc4ccccc4O3)CC2)c1C. The zero-order chi connectivity index (χ0) is 21.1. The molecule has 0 bridgehead atoms. The Hall–Kier alpha value is -2.73. The minimum absolute atomic E-state index is 0.134. The summed E-state index contributed by atoms with van der Waals surface area (Å²) in [5, 5.41) is 0. The quantitative estimate of drug-likeness (QED) is 0.808. The van der Waals surface area contributed by atoms with Crippen molar-refractivity contribution in [1.29, 1.82) is 0 Å². The topological polar surface area (TPSA) is 46.5 Å². The highest BCUT2D eigenvalue weighted by molar-refractivity contribution is 5.76. The van der Waals surface area contributed by atoms with Gasteiger partial charge in [0.05, 0.1) is 32.7 Å². The van der Waals surface area contributed by atoms with Crippen LogP contribution in [0.2, 0.25) is 0 Å². The molecule has 2 heterocycles. The van der Waals surface area contributed by atoms with Crippen LogP contribution in [0.4, 0.5) is 5.69 Å². The van der Waals surface area contributed by atoms with Gasteiger partial charge in [-0.05, 0) is 43.2 Å². The van der Waals surface area contributed by atoms with Gasteiger partial charge in [0.25, 0.3) is 5.91 Å². The van der Waals surface area contributed by atoms with Crippen LogP contribution in [0, 0.1) is 13.8 Å². The second-order valence-electron chi connectivity index (χ2n) is 8.40. The molecule has 30 heavy (non-hydrogen) atoms. The maximum absolute atomic E-state index is 12.8. The van der Waals surface area contributed by atoms with E-state index in [4.69, 9.17) is 9.47 Å². The Morgan fingerprint density at radius 1 is 1.10 bits per heavy atom. The molecule has 0 radical (unpaired) electrons. The first-order valence-electron chi connectivity index (χ1n) is 10.8. The third-order valence-corrected chi connectivity index (χ3v) is 6.26. The van der Waals surface area contributed by atoms with E-state index in [1.165, 1.54) is 21.7 Å². The van der Waals surface area contributed by atoms with Gasteiger partial charge in [-0.2, -0.15) is 0 Å². The van der Waals surface area contributed by atoms with Gasteiger partial charge >= 0.3 is 0 Å². The number of hydrogen-bond donors (Lipinski definition) is 1. The number of quaternary nitrogens is 1. The average molecular weight is 411 g/mol. The molecular weight excluding hydrogens is 378 g/mol. The number of carbonyl (C=O) groups excluding carboxylic acids is 1. The molecule has 1 fully saturated rings. The highest BCUT2D eigenvalue weighted by atomic mass is 16.6. The second kappa shape index (κ2) is 8.96. The van der Waals surface area contributed by atoms with Gasteiger partial charge < -0.3 is 24.2 Å². The summed E-state index contributed by atoms with van der Waals surface area (Å²) in [6.45, 7) is 9.80. The molecule has 2 aromatic rings. The highest BCUT2D eigenvalue weighted by Gasteiger charge is 2.27. The van der Waals surface area contributed by atoms with Crippen LogP contribution in [0.5, 0.6) is 11.5 Å². The normalized spacial score (nSPS) is 18.9. The molecule has 2 aromatic carbocycles. The Balaban J connectivity index is 1.25. The smallest absolute Gasteiger partial charge is 0.277 e. The third-order valence-electron chi connectivity index (χ3n) is 6.26. The summed E-state index contributed by atoms with van der Waals surface area (Å²) in [4.78, 5) is 18.4. The Kier molecular flexibility index (Phi) is 6.13. The number of likely N-dealkylation sites (N-methyl/N-ethyl adjacent to an activating group) is 1.